The van der Waals surface area contributed by atoms with Crippen LogP contribution in [0.25, 0.3) is 0 Å². The molecular formula is C44H89NO5S. The van der Waals surface area contributed by atoms with Crippen molar-refractivity contribution in [3.8, 4) is 0 Å². The first-order valence-electron chi connectivity index (χ1n) is 22.7. The Morgan fingerprint density at radius 1 is 0.451 bits per heavy atom. The molecule has 0 bridgehead atoms. The summed E-state index contributed by atoms with van der Waals surface area (Å²) in [7, 11) is -4.31. The summed E-state index contributed by atoms with van der Waals surface area (Å²) in [4.78, 5) is 12.6. The minimum absolute atomic E-state index is 0.239. The summed E-state index contributed by atoms with van der Waals surface area (Å²) < 4.78 is 32.6. The lowest BCUT2D eigenvalue weighted by Crippen LogP contribution is -2.47. The minimum atomic E-state index is -4.31. The van der Waals surface area contributed by atoms with Gasteiger partial charge < -0.3 is 10.4 Å². The molecular weight excluding hydrogens is 655 g/mol. The molecule has 0 aliphatic carbocycles. The van der Waals surface area contributed by atoms with Gasteiger partial charge in [-0.1, -0.05) is 239 Å². The Hall–Kier alpha value is -0.660. The van der Waals surface area contributed by atoms with Gasteiger partial charge in [-0.25, -0.2) is 0 Å². The van der Waals surface area contributed by atoms with Crippen molar-refractivity contribution in [2.24, 2.45) is 0 Å². The standard InChI is InChI=1S/C44H89NO5S/c1-3-5-7-9-11-13-15-17-19-21-22-23-24-25-27-29-31-33-35-37-39-43(46)42(41-51(48,49)50)45-44(47)40-38-36-34-32-30-28-26-20-18-16-14-12-10-8-6-4-2/h42-43,46H,3-41H2,1-2H3,(H,45,47)(H,48,49,50). The summed E-state index contributed by atoms with van der Waals surface area (Å²) in [6.07, 6.45) is 46.3. The highest BCUT2D eigenvalue weighted by Crippen LogP contribution is 2.17. The Bertz CT molecular complexity index is 820. The van der Waals surface area contributed by atoms with Crippen LogP contribution in [-0.2, 0) is 14.9 Å². The van der Waals surface area contributed by atoms with E-state index in [0.717, 1.165) is 38.5 Å². The van der Waals surface area contributed by atoms with Crippen molar-refractivity contribution < 1.29 is 22.9 Å². The van der Waals surface area contributed by atoms with Crippen LogP contribution in [0.4, 0.5) is 0 Å². The van der Waals surface area contributed by atoms with Crippen molar-refractivity contribution >= 4 is 16.0 Å². The highest BCUT2D eigenvalue weighted by molar-refractivity contribution is 7.85. The lowest BCUT2D eigenvalue weighted by Gasteiger charge is -2.23. The number of aliphatic hydroxyl groups is 1. The normalized spacial score (nSPS) is 13.1. The Morgan fingerprint density at radius 3 is 0.980 bits per heavy atom. The third-order valence-electron chi connectivity index (χ3n) is 10.8. The zero-order chi connectivity index (χ0) is 37.5. The van der Waals surface area contributed by atoms with Crippen LogP contribution in [0.1, 0.15) is 258 Å². The van der Waals surface area contributed by atoms with Gasteiger partial charge in [0, 0.05) is 6.42 Å². The number of carbonyl (C=O) groups is 1. The molecule has 7 heteroatoms. The molecule has 51 heavy (non-hydrogen) atoms. The second kappa shape index (κ2) is 39.0. The minimum Gasteiger partial charge on any atom is -0.391 e. The van der Waals surface area contributed by atoms with Crippen LogP contribution >= 0.6 is 0 Å². The van der Waals surface area contributed by atoms with Crippen LogP contribution in [0.3, 0.4) is 0 Å². The molecule has 2 atom stereocenters. The fourth-order valence-electron chi connectivity index (χ4n) is 7.40. The number of unbranched alkanes of at least 4 members (excludes halogenated alkanes) is 34. The molecule has 0 rings (SSSR count). The van der Waals surface area contributed by atoms with E-state index in [1.54, 1.807) is 0 Å². The Balaban J connectivity index is 3.76. The highest BCUT2D eigenvalue weighted by atomic mass is 32.2. The van der Waals surface area contributed by atoms with E-state index in [0.29, 0.717) is 12.8 Å². The maximum absolute atomic E-state index is 12.6. The number of amides is 1. The number of hydrogen-bond donors (Lipinski definition) is 3. The van der Waals surface area contributed by atoms with Gasteiger partial charge >= 0.3 is 0 Å². The first kappa shape index (κ1) is 50.3. The Morgan fingerprint density at radius 2 is 0.706 bits per heavy atom. The molecule has 0 radical (unpaired) electrons. The topological polar surface area (TPSA) is 104 Å². The molecule has 0 saturated heterocycles. The average molecular weight is 744 g/mol. The van der Waals surface area contributed by atoms with Crippen molar-refractivity contribution in [1.82, 2.24) is 5.32 Å². The lowest BCUT2D eigenvalue weighted by molar-refractivity contribution is -0.122. The number of hydrogen-bond acceptors (Lipinski definition) is 4. The molecule has 0 fully saturated rings. The summed E-state index contributed by atoms with van der Waals surface area (Å²) in [5.41, 5.74) is 0. The largest absolute Gasteiger partial charge is 0.391 e. The van der Waals surface area contributed by atoms with Crippen LogP contribution in [0.15, 0.2) is 0 Å². The van der Waals surface area contributed by atoms with E-state index in [2.05, 4.69) is 19.2 Å². The van der Waals surface area contributed by atoms with E-state index in [-0.39, 0.29) is 5.91 Å². The first-order valence-corrected chi connectivity index (χ1v) is 24.3. The average Bonchev–Trinajstić information content (AvgIpc) is 3.09. The number of rotatable bonds is 42. The van der Waals surface area contributed by atoms with E-state index < -0.39 is 28.0 Å². The molecule has 3 N–H and O–H groups in total. The molecule has 6 nitrogen and oxygen atoms in total. The second-order valence-corrected chi connectivity index (χ2v) is 17.5. The van der Waals surface area contributed by atoms with Gasteiger partial charge in [-0.2, -0.15) is 8.42 Å². The molecule has 0 heterocycles. The SMILES string of the molecule is CCCCCCCCCCCCCCCCCCCCCCC(O)C(CS(=O)(=O)O)NC(=O)CCCCCCCCCCCCCCCCCC. The van der Waals surface area contributed by atoms with Crippen molar-refractivity contribution in [3.63, 3.8) is 0 Å². The number of nitrogens with one attached hydrogen (secondary N) is 1. The van der Waals surface area contributed by atoms with E-state index in [4.69, 9.17) is 0 Å². The van der Waals surface area contributed by atoms with Crippen molar-refractivity contribution in [2.45, 2.75) is 270 Å². The van der Waals surface area contributed by atoms with Gasteiger partial charge in [0.1, 0.15) is 0 Å². The molecule has 2 unspecified atom stereocenters. The van der Waals surface area contributed by atoms with Crippen molar-refractivity contribution in [2.75, 3.05) is 5.75 Å². The van der Waals surface area contributed by atoms with E-state index in [1.165, 1.54) is 193 Å². The third-order valence-corrected chi connectivity index (χ3v) is 11.6. The molecule has 0 aromatic carbocycles. The van der Waals surface area contributed by atoms with E-state index in [9.17, 15) is 22.9 Å². The first-order chi connectivity index (χ1) is 24.8. The summed E-state index contributed by atoms with van der Waals surface area (Å²) >= 11 is 0. The molecule has 0 aromatic rings. The van der Waals surface area contributed by atoms with Crippen molar-refractivity contribution in [3.05, 3.63) is 0 Å². The fraction of sp³-hybridized carbons (Fsp3) is 0.977. The molecule has 1 amide bonds. The summed E-state index contributed by atoms with van der Waals surface area (Å²) in [5, 5.41) is 13.4. The van der Waals surface area contributed by atoms with Gasteiger partial charge in [0.15, 0.2) is 0 Å². The maximum atomic E-state index is 12.6. The summed E-state index contributed by atoms with van der Waals surface area (Å²) in [5.74, 6) is -0.880. The predicted octanol–water partition coefficient (Wildman–Crippen LogP) is 13.6. The van der Waals surface area contributed by atoms with Crippen LogP contribution in [0.2, 0.25) is 0 Å². The lowest BCUT2D eigenvalue weighted by atomic mass is 10.0. The highest BCUT2D eigenvalue weighted by Gasteiger charge is 2.26. The zero-order valence-electron chi connectivity index (χ0n) is 34.3. The Kier molecular flexibility index (Phi) is 38.5. The van der Waals surface area contributed by atoms with Gasteiger partial charge in [-0.15, -0.1) is 0 Å². The summed E-state index contributed by atoms with van der Waals surface area (Å²) in [6.45, 7) is 4.55. The van der Waals surface area contributed by atoms with Gasteiger partial charge in [0.2, 0.25) is 5.91 Å². The summed E-state index contributed by atoms with van der Waals surface area (Å²) in [6, 6.07) is -0.964. The van der Waals surface area contributed by atoms with Crippen molar-refractivity contribution in [1.29, 1.82) is 0 Å². The van der Waals surface area contributed by atoms with Crippen LogP contribution < -0.4 is 5.32 Å². The predicted molar refractivity (Wildman–Crippen MR) is 221 cm³/mol. The van der Waals surface area contributed by atoms with Crippen LogP contribution in [0, 0.1) is 0 Å². The molecule has 0 aliphatic rings. The van der Waals surface area contributed by atoms with E-state index >= 15 is 0 Å². The quantitative estimate of drug-likeness (QED) is 0.0426. The zero-order valence-corrected chi connectivity index (χ0v) is 35.1. The van der Waals surface area contributed by atoms with Gasteiger partial charge in [-0.05, 0) is 12.8 Å². The maximum Gasteiger partial charge on any atom is 0.266 e. The third kappa shape index (κ3) is 40.4. The molecule has 0 aromatic heterocycles. The van der Waals surface area contributed by atoms with Gasteiger partial charge in [-0.3, -0.25) is 9.35 Å². The molecule has 0 aliphatic heterocycles. The smallest absolute Gasteiger partial charge is 0.266 e. The number of aliphatic hydroxyl groups excluding tert-OH is 1. The number of carbonyl (C=O) groups excluding carboxylic acids is 1. The van der Waals surface area contributed by atoms with Gasteiger partial charge in [0.25, 0.3) is 10.1 Å². The van der Waals surface area contributed by atoms with Crippen LogP contribution in [-0.4, -0.2) is 41.9 Å². The van der Waals surface area contributed by atoms with E-state index in [1.807, 2.05) is 0 Å². The molecule has 0 saturated carbocycles. The second-order valence-electron chi connectivity index (χ2n) is 16.0. The monoisotopic (exact) mass is 744 g/mol. The van der Waals surface area contributed by atoms with Gasteiger partial charge in [0.05, 0.1) is 17.9 Å². The Labute approximate surface area is 319 Å². The van der Waals surface area contributed by atoms with Crippen LogP contribution in [0.5, 0.6) is 0 Å². The fourth-order valence-corrected chi connectivity index (χ4v) is 8.16. The molecule has 0 spiro atoms. The molecule has 306 valence electrons.